The van der Waals surface area contributed by atoms with E-state index in [0.717, 1.165) is 31.6 Å². The van der Waals surface area contributed by atoms with Gasteiger partial charge in [0.1, 0.15) is 6.54 Å². The molecule has 0 bridgehead atoms. The van der Waals surface area contributed by atoms with Crippen molar-refractivity contribution in [1.29, 1.82) is 0 Å². The van der Waals surface area contributed by atoms with Crippen LogP contribution >= 0.6 is 0 Å². The molecular formula is C17H29NO3. The lowest BCUT2D eigenvalue weighted by Gasteiger charge is -2.40. The molecule has 0 aromatic rings. The minimum absolute atomic E-state index is 0.0117. The smallest absolute Gasteiger partial charge is 0.323 e. The van der Waals surface area contributed by atoms with E-state index in [1.54, 1.807) is 4.90 Å². The van der Waals surface area contributed by atoms with Crippen molar-refractivity contribution < 1.29 is 14.7 Å². The summed E-state index contributed by atoms with van der Waals surface area (Å²) in [6, 6.07) is 0.0117. The first-order chi connectivity index (χ1) is 10.0. The van der Waals surface area contributed by atoms with Gasteiger partial charge in [0.05, 0.1) is 0 Å². The molecular weight excluding hydrogens is 266 g/mol. The molecule has 2 fully saturated rings. The van der Waals surface area contributed by atoms with Crippen LogP contribution in [0.1, 0.15) is 65.2 Å². The van der Waals surface area contributed by atoms with Gasteiger partial charge in [0.2, 0.25) is 5.91 Å². The van der Waals surface area contributed by atoms with Crippen molar-refractivity contribution in [2.24, 2.45) is 17.8 Å². The minimum Gasteiger partial charge on any atom is -0.480 e. The van der Waals surface area contributed by atoms with Gasteiger partial charge in [-0.15, -0.1) is 0 Å². The molecule has 2 aliphatic rings. The number of aliphatic carboxylic acids is 1. The SMILES string of the molecule is CCC(C)N(CC(=O)O)C(=O)C1CCC2CCCCC2C1. The summed E-state index contributed by atoms with van der Waals surface area (Å²) < 4.78 is 0. The van der Waals surface area contributed by atoms with Gasteiger partial charge in [0, 0.05) is 12.0 Å². The molecule has 0 radical (unpaired) electrons. The molecule has 0 heterocycles. The van der Waals surface area contributed by atoms with Gasteiger partial charge in [0.25, 0.3) is 0 Å². The average molecular weight is 295 g/mol. The minimum atomic E-state index is -0.907. The maximum Gasteiger partial charge on any atom is 0.323 e. The summed E-state index contributed by atoms with van der Waals surface area (Å²) in [5.74, 6) is 0.743. The Bertz CT molecular complexity index is 382. The van der Waals surface area contributed by atoms with E-state index in [4.69, 9.17) is 5.11 Å². The van der Waals surface area contributed by atoms with Crippen molar-refractivity contribution in [2.75, 3.05) is 6.54 Å². The monoisotopic (exact) mass is 295 g/mol. The third-order valence-corrected chi connectivity index (χ3v) is 5.60. The van der Waals surface area contributed by atoms with Crippen LogP contribution in [0.5, 0.6) is 0 Å². The Morgan fingerprint density at radius 2 is 1.81 bits per heavy atom. The highest BCUT2D eigenvalue weighted by atomic mass is 16.4. The van der Waals surface area contributed by atoms with Crippen LogP contribution in [0.25, 0.3) is 0 Å². The van der Waals surface area contributed by atoms with E-state index in [9.17, 15) is 9.59 Å². The number of carbonyl (C=O) groups is 2. The molecule has 1 amide bonds. The van der Waals surface area contributed by atoms with Crippen molar-refractivity contribution in [3.05, 3.63) is 0 Å². The third-order valence-electron chi connectivity index (χ3n) is 5.60. The Kier molecular flexibility index (Phi) is 5.65. The Morgan fingerprint density at radius 3 is 2.43 bits per heavy atom. The van der Waals surface area contributed by atoms with Crippen molar-refractivity contribution in [3.63, 3.8) is 0 Å². The fraction of sp³-hybridized carbons (Fsp3) is 0.882. The van der Waals surface area contributed by atoms with E-state index >= 15 is 0 Å². The van der Waals surface area contributed by atoms with Crippen LogP contribution in [0.4, 0.5) is 0 Å². The number of fused-ring (bicyclic) bond motifs is 1. The van der Waals surface area contributed by atoms with Crippen LogP contribution in [0.15, 0.2) is 0 Å². The highest BCUT2D eigenvalue weighted by molar-refractivity contribution is 5.83. The van der Waals surface area contributed by atoms with Gasteiger partial charge in [-0.2, -0.15) is 0 Å². The van der Waals surface area contributed by atoms with Crippen LogP contribution in [-0.2, 0) is 9.59 Å². The Hall–Kier alpha value is -1.06. The molecule has 2 aliphatic carbocycles. The molecule has 0 aromatic heterocycles. The third kappa shape index (κ3) is 3.98. The van der Waals surface area contributed by atoms with Crippen LogP contribution in [0.2, 0.25) is 0 Å². The highest BCUT2D eigenvalue weighted by Gasteiger charge is 2.37. The number of rotatable bonds is 5. The van der Waals surface area contributed by atoms with Crippen LogP contribution < -0.4 is 0 Å². The second-order valence-electron chi connectivity index (χ2n) is 6.93. The van der Waals surface area contributed by atoms with Crippen molar-refractivity contribution >= 4 is 11.9 Å². The number of carboxylic acids is 1. The quantitative estimate of drug-likeness (QED) is 0.846. The summed E-state index contributed by atoms with van der Waals surface area (Å²) in [5.41, 5.74) is 0. The lowest BCUT2D eigenvalue weighted by atomic mass is 9.67. The van der Waals surface area contributed by atoms with Gasteiger partial charge in [-0.3, -0.25) is 9.59 Å². The van der Waals surface area contributed by atoms with E-state index in [2.05, 4.69) is 0 Å². The number of hydrogen-bond donors (Lipinski definition) is 1. The number of nitrogens with zero attached hydrogens (tertiary/aromatic N) is 1. The first-order valence-corrected chi connectivity index (χ1v) is 8.55. The Balaban J connectivity index is 2.01. The number of carboxylic acid groups (broad SMARTS) is 1. The fourth-order valence-electron chi connectivity index (χ4n) is 4.15. The summed E-state index contributed by atoms with van der Waals surface area (Å²) in [7, 11) is 0. The van der Waals surface area contributed by atoms with Gasteiger partial charge >= 0.3 is 5.97 Å². The molecule has 4 nitrogen and oxygen atoms in total. The normalized spacial score (nSPS) is 30.3. The van der Waals surface area contributed by atoms with Gasteiger partial charge < -0.3 is 10.0 Å². The lowest BCUT2D eigenvalue weighted by Crippen LogP contribution is -2.46. The molecule has 0 saturated heterocycles. The van der Waals surface area contributed by atoms with E-state index in [1.807, 2.05) is 13.8 Å². The predicted molar refractivity (Wildman–Crippen MR) is 81.9 cm³/mol. The van der Waals surface area contributed by atoms with E-state index < -0.39 is 5.97 Å². The molecule has 1 N–H and O–H groups in total. The zero-order chi connectivity index (χ0) is 15.4. The topological polar surface area (TPSA) is 57.6 Å². The summed E-state index contributed by atoms with van der Waals surface area (Å²) in [6.07, 6.45) is 9.12. The molecule has 4 heteroatoms. The van der Waals surface area contributed by atoms with Gasteiger partial charge in [-0.1, -0.05) is 32.6 Å². The van der Waals surface area contributed by atoms with Crippen molar-refractivity contribution in [1.82, 2.24) is 4.90 Å². The van der Waals surface area contributed by atoms with E-state index in [0.29, 0.717) is 5.92 Å². The van der Waals surface area contributed by atoms with E-state index in [1.165, 1.54) is 25.7 Å². The molecule has 0 aromatic carbocycles. The highest BCUT2D eigenvalue weighted by Crippen LogP contribution is 2.43. The first-order valence-electron chi connectivity index (χ1n) is 8.55. The summed E-state index contributed by atoms with van der Waals surface area (Å²) >= 11 is 0. The molecule has 0 spiro atoms. The molecule has 4 atom stereocenters. The molecule has 4 unspecified atom stereocenters. The molecule has 120 valence electrons. The van der Waals surface area contributed by atoms with Crippen molar-refractivity contribution in [3.8, 4) is 0 Å². The maximum absolute atomic E-state index is 12.8. The van der Waals surface area contributed by atoms with Gasteiger partial charge in [-0.05, 0) is 44.4 Å². The largest absolute Gasteiger partial charge is 0.480 e. The number of amides is 1. The zero-order valence-corrected chi connectivity index (χ0v) is 13.4. The average Bonchev–Trinajstić information content (AvgIpc) is 2.50. The number of hydrogen-bond acceptors (Lipinski definition) is 2. The Morgan fingerprint density at radius 1 is 1.14 bits per heavy atom. The zero-order valence-electron chi connectivity index (χ0n) is 13.4. The predicted octanol–water partition coefficient (Wildman–Crippen LogP) is 3.30. The summed E-state index contributed by atoms with van der Waals surface area (Å²) in [6.45, 7) is 3.80. The molecule has 21 heavy (non-hydrogen) atoms. The summed E-state index contributed by atoms with van der Waals surface area (Å²) in [4.78, 5) is 25.4. The second-order valence-corrected chi connectivity index (χ2v) is 6.93. The van der Waals surface area contributed by atoms with Crippen LogP contribution in [-0.4, -0.2) is 34.5 Å². The van der Waals surface area contributed by atoms with Crippen LogP contribution in [0.3, 0.4) is 0 Å². The fourth-order valence-corrected chi connectivity index (χ4v) is 4.15. The first kappa shape index (κ1) is 16.3. The Labute approximate surface area is 127 Å². The van der Waals surface area contributed by atoms with Crippen molar-refractivity contribution in [2.45, 2.75) is 71.3 Å². The van der Waals surface area contributed by atoms with Gasteiger partial charge in [0.15, 0.2) is 0 Å². The van der Waals surface area contributed by atoms with Gasteiger partial charge in [-0.25, -0.2) is 0 Å². The molecule has 2 rings (SSSR count). The summed E-state index contributed by atoms with van der Waals surface area (Å²) in [5, 5.41) is 9.07. The second kappa shape index (κ2) is 7.28. The standard InChI is InChI=1S/C17H29NO3/c1-3-12(2)18(11-16(19)20)17(21)15-9-8-13-6-4-5-7-14(13)10-15/h12-15H,3-11H2,1-2H3,(H,19,20). The van der Waals surface area contributed by atoms with Crippen LogP contribution in [0, 0.1) is 17.8 Å². The van der Waals surface area contributed by atoms with E-state index in [-0.39, 0.29) is 24.4 Å². The maximum atomic E-state index is 12.8. The lowest BCUT2D eigenvalue weighted by molar-refractivity contribution is -0.149. The molecule has 0 aliphatic heterocycles. The number of carbonyl (C=O) groups excluding carboxylic acids is 1. The molecule has 2 saturated carbocycles.